The Kier molecular flexibility index (Phi) is 7.56. The van der Waals surface area contributed by atoms with Gasteiger partial charge in [-0.1, -0.05) is 0 Å². The first-order valence-corrected chi connectivity index (χ1v) is 12.2. The van der Waals surface area contributed by atoms with Gasteiger partial charge in [0.2, 0.25) is 5.88 Å². The summed E-state index contributed by atoms with van der Waals surface area (Å²) in [5.74, 6) is -0.483. The van der Waals surface area contributed by atoms with Crippen molar-refractivity contribution in [2.24, 2.45) is 0 Å². The van der Waals surface area contributed by atoms with E-state index in [-0.39, 0.29) is 35.2 Å². The topological polar surface area (TPSA) is 112 Å². The third kappa shape index (κ3) is 6.20. The lowest BCUT2D eigenvalue weighted by Gasteiger charge is -2.34. The highest BCUT2D eigenvalue weighted by Gasteiger charge is 2.32. The van der Waals surface area contributed by atoms with E-state index in [4.69, 9.17) is 9.47 Å². The van der Waals surface area contributed by atoms with Gasteiger partial charge in [0.1, 0.15) is 16.8 Å². The summed E-state index contributed by atoms with van der Waals surface area (Å²) in [7, 11) is 0. The van der Waals surface area contributed by atoms with Crippen molar-refractivity contribution in [1.29, 1.82) is 0 Å². The van der Waals surface area contributed by atoms with E-state index in [1.807, 2.05) is 0 Å². The lowest BCUT2D eigenvalue weighted by molar-refractivity contribution is -0.154. The summed E-state index contributed by atoms with van der Waals surface area (Å²) in [5, 5.41) is 0. The molecule has 10 nitrogen and oxygen atoms in total. The molecular weight excluding hydrogens is 505 g/mol. The largest absolute Gasteiger partial charge is 0.467 e. The molecule has 0 unspecified atom stereocenters. The predicted octanol–water partition coefficient (Wildman–Crippen LogP) is 3.99. The predicted molar refractivity (Wildman–Crippen MR) is 131 cm³/mol. The van der Waals surface area contributed by atoms with Crippen LogP contribution in [0.4, 0.5) is 18.0 Å². The molecule has 4 heterocycles. The maximum absolute atomic E-state index is 13.9. The molecule has 0 N–H and O–H groups in total. The number of halogens is 3. The molecule has 1 fully saturated rings. The van der Waals surface area contributed by atoms with Crippen LogP contribution in [0.25, 0.3) is 11.2 Å². The second-order valence-corrected chi connectivity index (χ2v) is 10.1. The maximum Gasteiger partial charge on any atom is 0.422 e. The van der Waals surface area contributed by atoms with Gasteiger partial charge in [0.25, 0.3) is 5.56 Å². The van der Waals surface area contributed by atoms with Gasteiger partial charge in [0.05, 0.1) is 6.54 Å². The zero-order chi connectivity index (χ0) is 27.7. The van der Waals surface area contributed by atoms with Gasteiger partial charge in [-0.3, -0.25) is 19.3 Å². The molecule has 13 heteroatoms. The number of amides is 1. The van der Waals surface area contributed by atoms with E-state index in [0.717, 1.165) is 0 Å². The number of carbonyl (C=O) groups is 1. The molecule has 1 aliphatic rings. The molecule has 1 saturated heterocycles. The molecule has 38 heavy (non-hydrogen) atoms. The van der Waals surface area contributed by atoms with Crippen molar-refractivity contribution < 1.29 is 27.4 Å². The van der Waals surface area contributed by atoms with E-state index in [1.165, 1.54) is 29.4 Å². The monoisotopic (exact) mass is 534 g/mol. The lowest BCUT2D eigenvalue weighted by atomic mass is 9.87. The number of nitrogens with zero attached hydrogens (tertiary/aromatic N) is 6. The zero-order valence-electron chi connectivity index (χ0n) is 21.6. The summed E-state index contributed by atoms with van der Waals surface area (Å²) < 4.78 is 49.9. The molecular formula is C25H29F3N6O4. The first kappa shape index (κ1) is 27.3. The third-order valence-electron chi connectivity index (χ3n) is 6.14. The molecule has 3 aromatic rings. The van der Waals surface area contributed by atoms with Gasteiger partial charge >= 0.3 is 12.3 Å². The number of aromatic nitrogens is 5. The van der Waals surface area contributed by atoms with Crippen molar-refractivity contribution >= 4 is 17.3 Å². The lowest BCUT2D eigenvalue weighted by Crippen LogP contribution is -2.42. The summed E-state index contributed by atoms with van der Waals surface area (Å²) in [5.41, 5.74) is 1.08. The Bertz CT molecular complexity index is 1380. The number of piperidine rings is 1. The SMILES string of the molecule is Cc1c(C2CCN(C(=O)OC(C)(C)C)CC2)c(=O)n(Cc2nccnc2OCC(F)(F)F)c2nccnc12. The van der Waals surface area contributed by atoms with Crippen LogP contribution in [0.5, 0.6) is 5.88 Å². The summed E-state index contributed by atoms with van der Waals surface area (Å²) in [6.45, 7) is 6.29. The van der Waals surface area contributed by atoms with Crippen molar-refractivity contribution in [3.8, 4) is 5.88 Å². The molecule has 4 rings (SSSR count). The number of pyridine rings is 1. The number of fused-ring (bicyclic) bond motifs is 1. The Morgan fingerprint density at radius 2 is 1.66 bits per heavy atom. The fraction of sp³-hybridized carbons (Fsp3) is 0.520. The standard InChI is InChI=1S/C25H29F3N6O4/c1-15-18(16-5-11-33(12-6-16)23(36)38-24(2,3)4)22(35)34(20-19(15)30-8-9-31-20)13-17-21(32-10-7-29-17)37-14-25(26,27)28/h7-10,16H,5-6,11-14H2,1-4H3. The second-order valence-electron chi connectivity index (χ2n) is 10.1. The Morgan fingerprint density at radius 3 is 2.32 bits per heavy atom. The molecule has 1 amide bonds. The number of alkyl halides is 3. The Hall–Kier alpha value is -3.77. The molecule has 1 aliphatic heterocycles. The van der Waals surface area contributed by atoms with Crippen LogP contribution in [-0.2, 0) is 11.3 Å². The highest BCUT2D eigenvalue weighted by atomic mass is 19.4. The minimum Gasteiger partial charge on any atom is -0.467 e. The van der Waals surface area contributed by atoms with Crippen LogP contribution in [-0.4, -0.2) is 67.0 Å². The van der Waals surface area contributed by atoms with Crippen LogP contribution < -0.4 is 10.3 Å². The Morgan fingerprint density at radius 1 is 1.03 bits per heavy atom. The average Bonchev–Trinajstić information content (AvgIpc) is 2.85. The number of hydrogen-bond donors (Lipinski definition) is 0. The van der Waals surface area contributed by atoms with Crippen LogP contribution in [0.3, 0.4) is 0 Å². The van der Waals surface area contributed by atoms with Crippen LogP contribution >= 0.6 is 0 Å². The number of carbonyl (C=O) groups excluding carboxylic acids is 1. The van der Waals surface area contributed by atoms with E-state index in [0.29, 0.717) is 42.6 Å². The number of ether oxygens (including phenoxy) is 2. The first-order valence-electron chi connectivity index (χ1n) is 12.2. The third-order valence-corrected chi connectivity index (χ3v) is 6.14. The molecule has 0 aliphatic carbocycles. The summed E-state index contributed by atoms with van der Waals surface area (Å²) in [6, 6.07) is 0. The van der Waals surface area contributed by atoms with Crippen LogP contribution in [0, 0.1) is 6.92 Å². The van der Waals surface area contributed by atoms with Gasteiger partial charge in [-0.2, -0.15) is 13.2 Å². The molecule has 0 atom stereocenters. The van der Waals surface area contributed by atoms with Crippen molar-refractivity contribution in [2.45, 2.75) is 64.8 Å². The fourth-order valence-electron chi connectivity index (χ4n) is 4.51. The summed E-state index contributed by atoms with van der Waals surface area (Å²) >= 11 is 0. The van der Waals surface area contributed by atoms with Gasteiger partial charge in [0, 0.05) is 43.4 Å². The van der Waals surface area contributed by atoms with E-state index < -0.39 is 24.5 Å². The zero-order valence-corrected chi connectivity index (χ0v) is 21.6. The maximum atomic E-state index is 13.9. The van der Waals surface area contributed by atoms with Crippen molar-refractivity contribution in [1.82, 2.24) is 29.4 Å². The smallest absolute Gasteiger partial charge is 0.422 e. The van der Waals surface area contributed by atoms with Crippen molar-refractivity contribution in [3.63, 3.8) is 0 Å². The molecule has 0 radical (unpaired) electrons. The summed E-state index contributed by atoms with van der Waals surface area (Å²) in [6.07, 6.45) is 1.59. The normalized spacial score (nSPS) is 15.1. The Balaban J connectivity index is 1.67. The number of likely N-dealkylation sites (tertiary alicyclic amines) is 1. The molecule has 3 aromatic heterocycles. The molecule has 0 aromatic carbocycles. The van der Waals surface area contributed by atoms with E-state index in [9.17, 15) is 22.8 Å². The number of rotatable bonds is 5. The van der Waals surface area contributed by atoms with Crippen LogP contribution in [0.15, 0.2) is 29.6 Å². The minimum atomic E-state index is -4.56. The Labute approximate surface area is 216 Å². The fourth-order valence-corrected chi connectivity index (χ4v) is 4.51. The van der Waals surface area contributed by atoms with Gasteiger partial charge < -0.3 is 14.4 Å². The molecule has 204 valence electrons. The van der Waals surface area contributed by atoms with Gasteiger partial charge in [-0.05, 0) is 52.0 Å². The van der Waals surface area contributed by atoms with Crippen molar-refractivity contribution in [3.05, 3.63) is 52.0 Å². The number of hydrogen-bond acceptors (Lipinski definition) is 8. The van der Waals surface area contributed by atoms with E-state index >= 15 is 0 Å². The average molecular weight is 535 g/mol. The highest BCUT2D eigenvalue weighted by Crippen LogP contribution is 2.31. The molecule has 0 spiro atoms. The molecule has 0 bridgehead atoms. The van der Waals surface area contributed by atoms with Gasteiger partial charge in [-0.25, -0.2) is 14.8 Å². The minimum absolute atomic E-state index is 0.0559. The quantitative estimate of drug-likeness (QED) is 0.483. The highest BCUT2D eigenvalue weighted by molar-refractivity contribution is 5.75. The van der Waals surface area contributed by atoms with Gasteiger partial charge in [-0.15, -0.1) is 0 Å². The first-order chi connectivity index (χ1) is 17.8. The van der Waals surface area contributed by atoms with Gasteiger partial charge in [0.15, 0.2) is 12.3 Å². The number of aryl methyl sites for hydroxylation is 1. The van der Waals surface area contributed by atoms with Crippen LogP contribution in [0.1, 0.15) is 56.4 Å². The van der Waals surface area contributed by atoms with Crippen LogP contribution in [0.2, 0.25) is 0 Å². The van der Waals surface area contributed by atoms with E-state index in [1.54, 1.807) is 32.6 Å². The second kappa shape index (κ2) is 10.5. The molecule has 0 saturated carbocycles. The summed E-state index contributed by atoms with van der Waals surface area (Å²) in [4.78, 5) is 44.7. The van der Waals surface area contributed by atoms with Crippen molar-refractivity contribution in [2.75, 3.05) is 19.7 Å². The van der Waals surface area contributed by atoms with E-state index in [2.05, 4.69) is 19.9 Å².